The summed E-state index contributed by atoms with van der Waals surface area (Å²) in [6.45, 7) is 6.97. The molecule has 6 nitrogen and oxygen atoms in total. The molecule has 1 fully saturated rings. The van der Waals surface area contributed by atoms with Gasteiger partial charge in [-0.05, 0) is 53.3 Å². The SMILES string of the molecule is CC(C)C(=O)N1CCN(c2ccc(NC(=S)NC(=O)c3cccc4ccccc34)cc2)CC1. The van der Waals surface area contributed by atoms with Gasteiger partial charge in [0, 0.05) is 49.0 Å². The normalized spacial score (nSPS) is 13.8. The van der Waals surface area contributed by atoms with Crippen LogP contribution in [-0.4, -0.2) is 48.0 Å². The number of thiocarbonyl (C=S) groups is 1. The van der Waals surface area contributed by atoms with Crippen molar-refractivity contribution in [2.45, 2.75) is 13.8 Å². The van der Waals surface area contributed by atoms with Crippen LogP contribution in [-0.2, 0) is 4.79 Å². The third kappa shape index (κ3) is 5.31. The topological polar surface area (TPSA) is 64.7 Å². The number of hydrogen-bond donors (Lipinski definition) is 2. The van der Waals surface area contributed by atoms with Gasteiger partial charge < -0.3 is 15.1 Å². The highest BCUT2D eigenvalue weighted by Crippen LogP contribution is 2.21. The molecule has 0 aromatic heterocycles. The highest BCUT2D eigenvalue weighted by atomic mass is 32.1. The lowest BCUT2D eigenvalue weighted by Crippen LogP contribution is -2.49. The highest BCUT2D eigenvalue weighted by molar-refractivity contribution is 7.80. The van der Waals surface area contributed by atoms with Crippen LogP contribution in [0.25, 0.3) is 10.8 Å². The van der Waals surface area contributed by atoms with Gasteiger partial charge in [0.15, 0.2) is 5.11 Å². The van der Waals surface area contributed by atoms with E-state index in [9.17, 15) is 9.59 Å². The Morgan fingerprint density at radius 3 is 2.24 bits per heavy atom. The summed E-state index contributed by atoms with van der Waals surface area (Å²) in [5, 5.41) is 8.00. The molecule has 2 amide bonds. The third-order valence-electron chi connectivity index (χ3n) is 5.84. The zero-order valence-corrected chi connectivity index (χ0v) is 19.7. The van der Waals surface area contributed by atoms with E-state index < -0.39 is 0 Å². The minimum Gasteiger partial charge on any atom is -0.368 e. The van der Waals surface area contributed by atoms with Gasteiger partial charge in [-0.1, -0.05) is 50.2 Å². The molecule has 3 aromatic rings. The fourth-order valence-electron chi connectivity index (χ4n) is 4.06. The van der Waals surface area contributed by atoms with Crippen molar-refractivity contribution in [3.05, 3.63) is 72.3 Å². The van der Waals surface area contributed by atoms with E-state index in [0.717, 1.165) is 48.3 Å². The lowest BCUT2D eigenvalue weighted by Gasteiger charge is -2.37. The summed E-state index contributed by atoms with van der Waals surface area (Å²) in [6.07, 6.45) is 0. The summed E-state index contributed by atoms with van der Waals surface area (Å²) in [5.74, 6) is 0.00911. The van der Waals surface area contributed by atoms with Gasteiger partial charge in [0.25, 0.3) is 5.91 Å². The van der Waals surface area contributed by atoms with E-state index in [2.05, 4.69) is 15.5 Å². The quantitative estimate of drug-likeness (QED) is 0.570. The number of piperazine rings is 1. The Morgan fingerprint density at radius 1 is 0.879 bits per heavy atom. The molecule has 7 heteroatoms. The van der Waals surface area contributed by atoms with E-state index >= 15 is 0 Å². The third-order valence-corrected chi connectivity index (χ3v) is 6.04. The average Bonchev–Trinajstić information content (AvgIpc) is 2.83. The number of nitrogens with zero attached hydrogens (tertiary/aromatic N) is 2. The van der Waals surface area contributed by atoms with Crippen molar-refractivity contribution in [1.82, 2.24) is 10.2 Å². The maximum absolute atomic E-state index is 12.8. The van der Waals surface area contributed by atoms with Crippen molar-refractivity contribution in [1.29, 1.82) is 0 Å². The first-order valence-corrected chi connectivity index (χ1v) is 11.6. The van der Waals surface area contributed by atoms with Crippen LogP contribution in [0, 0.1) is 5.92 Å². The van der Waals surface area contributed by atoms with Crippen LogP contribution in [0.15, 0.2) is 66.7 Å². The molecule has 3 aromatic carbocycles. The smallest absolute Gasteiger partial charge is 0.258 e. The second-order valence-electron chi connectivity index (χ2n) is 8.45. The molecule has 1 heterocycles. The first kappa shape index (κ1) is 22.7. The molecular formula is C26H28N4O2S. The summed E-state index contributed by atoms with van der Waals surface area (Å²) in [6, 6.07) is 21.3. The van der Waals surface area contributed by atoms with Crippen LogP contribution in [0.1, 0.15) is 24.2 Å². The molecule has 2 N–H and O–H groups in total. The number of nitrogens with one attached hydrogen (secondary N) is 2. The highest BCUT2D eigenvalue weighted by Gasteiger charge is 2.23. The van der Waals surface area contributed by atoms with Gasteiger partial charge in [0.05, 0.1) is 0 Å². The molecule has 0 saturated carbocycles. The number of rotatable bonds is 4. The Hall–Kier alpha value is -3.45. The molecule has 33 heavy (non-hydrogen) atoms. The number of carbonyl (C=O) groups is 2. The van der Waals surface area contributed by atoms with Crippen LogP contribution >= 0.6 is 12.2 Å². The molecule has 0 radical (unpaired) electrons. The van der Waals surface area contributed by atoms with Crippen LogP contribution in [0.3, 0.4) is 0 Å². The van der Waals surface area contributed by atoms with E-state index in [1.54, 1.807) is 6.07 Å². The summed E-state index contributed by atoms with van der Waals surface area (Å²) in [4.78, 5) is 29.2. The number of amides is 2. The van der Waals surface area contributed by atoms with Crippen molar-refractivity contribution >= 4 is 51.3 Å². The van der Waals surface area contributed by atoms with Gasteiger partial charge in [-0.25, -0.2) is 0 Å². The fraction of sp³-hybridized carbons (Fsp3) is 0.269. The van der Waals surface area contributed by atoms with E-state index in [1.165, 1.54) is 0 Å². The number of benzene rings is 3. The van der Waals surface area contributed by atoms with Crippen LogP contribution < -0.4 is 15.5 Å². The van der Waals surface area contributed by atoms with Crippen LogP contribution in [0.4, 0.5) is 11.4 Å². The monoisotopic (exact) mass is 460 g/mol. The lowest BCUT2D eigenvalue weighted by atomic mass is 10.0. The van der Waals surface area contributed by atoms with E-state index in [-0.39, 0.29) is 22.8 Å². The zero-order valence-electron chi connectivity index (χ0n) is 18.9. The second kappa shape index (κ2) is 10.0. The molecular weight excluding hydrogens is 432 g/mol. The van der Waals surface area contributed by atoms with Gasteiger partial charge in [0.1, 0.15) is 0 Å². The minimum atomic E-state index is -0.241. The van der Waals surface area contributed by atoms with Crippen molar-refractivity contribution in [2.24, 2.45) is 5.92 Å². The molecule has 1 aliphatic heterocycles. The van der Waals surface area contributed by atoms with E-state index in [0.29, 0.717) is 5.56 Å². The molecule has 0 atom stereocenters. The van der Waals surface area contributed by atoms with Crippen LogP contribution in [0.2, 0.25) is 0 Å². The number of carbonyl (C=O) groups excluding carboxylic acids is 2. The number of anilines is 2. The zero-order chi connectivity index (χ0) is 23.4. The maximum atomic E-state index is 12.8. The maximum Gasteiger partial charge on any atom is 0.258 e. The standard InChI is InChI=1S/C26H28N4O2S/c1-18(2)25(32)30-16-14-29(15-17-30)21-12-10-20(11-13-21)27-26(33)28-24(31)23-9-5-7-19-6-3-4-8-22(19)23/h3-13,18H,14-17H2,1-2H3,(H2,27,28,31,33). The first-order chi connectivity index (χ1) is 15.9. The Kier molecular flexibility index (Phi) is 6.89. The van der Waals surface area contributed by atoms with Gasteiger partial charge in [-0.3, -0.25) is 14.9 Å². The van der Waals surface area contributed by atoms with Crippen LogP contribution in [0.5, 0.6) is 0 Å². The lowest BCUT2D eigenvalue weighted by molar-refractivity contribution is -0.134. The van der Waals surface area contributed by atoms with Gasteiger partial charge in [0.2, 0.25) is 5.91 Å². The van der Waals surface area contributed by atoms with Gasteiger partial charge >= 0.3 is 0 Å². The van der Waals surface area contributed by atoms with E-state index in [4.69, 9.17) is 12.2 Å². The number of hydrogen-bond acceptors (Lipinski definition) is 4. The van der Waals surface area contributed by atoms with Crippen molar-refractivity contribution in [3.63, 3.8) is 0 Å². The average molecular weight is 461 g/mol. The summed E-state index contributed by atoms with van der Waals surface area (Å²) in [7, 11) is 0. The molecule has 4 rings (SSSR count). The van der Waals surface area contributed by atoms with Crippen molar-refractivity contribution in [2.75, 3.05) is 36.4 Å². The largest absolute Gasteiger partial charge is 0.368 e. The van der Waals surface area contributed by atoms with Crippen molar-refractivity contribution < 1.29 is 9.59 Å². The number of fused-ring (bicyclic) bond motifs is 1. The molecule has 170 valence electrons. The Bertz CT molecular complexity index is 1160. The Labute approximate surface area is 199 Å². The molecule has 1 saturated heterocycles. The molecule has 1 aliphatic rings. The Morgan fingerprint density at radius 2 is 1.55 bits per heavy atom. The predicted molar refractivity (Wildman–Crippen MR) is 138 cm³/mol. The first-order valence-electron chi connectivity index (χ1n) is 11.2. The summed E-state index contributed by atoms with van der Waals surface area (Å²) >= 11 is 5.36. The summed E-state index contributed by atoms with van der Waals surface area (Å²) < 4.78 is 0. The van der Waals surface area contributed by atoms with Crippen molar-refractivity contribution in [3.8, 4) is 0 Å². The predicted octanol–water partition coefficient (Wildman–Crippen LogP) is 4.27. The molecule has 0 bridgehead atoms. The fourth-order valence-corrected chi connectivity index (χ4v) is 4.27. The second-order valence-corrected chi connectivity index (χ2v) is 8.86. The van der Waals surface area contributed by atoms with Gasteiger partial charge in [-0.2, -0.15) is 0 Å². The summed E-state index contributed by atoms with van der Waals surface area (Å²) in [5.41, 5.74) is 2.49. The molecule has 0 unspecified atom stereocenters. The van der Waals surface area contributed by atoms with E-state index in [1.807, 2.05) is 79.4 Å². The molecule has 0 spiro atoms. The van der Waals surface area contributed by atoms with Gasteiger partial charge in [-0.15, -0.1) is 0 Å². The molecule has 0 aliphatic carbocycles. The minimum absolute atomic E-state index is 0.0341. The Balaban J connectivity index is 1.33.